The van der Waals surface area contributed by atoms with Gasteiger partial charge in [-0.25, -0.2) is 15.0 Å². The molecule has 4 aromatic rings. The first-order valence-electron chi connectivity index (χ1n) is 8.41. The van der Waals surface area contributed by atoms with Gasteiger partial charge in [0.1, 0.15) is 11.4 Å². The highest BCUT2D eigenvalue weighted by molar-refractivity contribution is 6.05. The fraction of sp³-hybridized carbons (Fsp3) is 0.0500. The van der Waals surface area contributed by atoms with Crippen molar-refractivity contribution in [3.05, 3.63) is 66.6 Å². The Morgan fingerprint density at radius 1 is 1.11 bits per heavy atom. The molecule has 0 radical (unpaired) electrons. The number of phenols is 1. The lowest BCUT2D eigenvalue weighted by atomic mass is 10.1. The number of nitrogens with one attached hydrogen (secondary N) is 2. The van der Waals surface area contributed by atoms with E-state index in [1.807, 2.05) is 12.1 Å². The van der Waals surface area contributed by atoms with Crippen LogP contribution in [-0.2, 0) is 0 Å². The van der Waals surface area contributed by atoms with Crippen LogP contribution in [0.15, 0.2) is 61.1 Å². The highest BCUT2D eigenvalue weighted by Crippen LogP contribution is 2.31. The molecule has 8 nitrogen and oxygen atoms in total. The average molecular weight is 372 g/mol. The quantitative estimate of drug-likeness (QED) is 0.372. The number of phenolic OH excluding ortho intramolecular Hbond substituents is 1. The summed E-state index contributed by atoms with van der Waals surface area (Å²) in [7, 11) is 1.49. The molecule has 0 aliphatic rings. The first-order valence-corrected chi connectivity index (χ1v) is 8.41. The smallest absolute Gasteiger partial charge is 0.180 e. The van der Waals surface area contributed by atoms with Crippen molar-refractivity contribution in [3.8, 4) is 22.8 Å². The first-order chi connectivity index (χ1) is 13.6. The average Bonchev–Trinajstić information content (AvgIpc) is 2.74. The van der Waals surface area contributed by atoms with Crippen molar-refractivity contribution in [2.24, 2.45) is 0 Å². The fourth-order valence-corrected chi connectivity index (χ4v) is 2.67. The van der Waals surface area contributed by atoms with Crippen LogP contribution >= 0.6 is 0 Å². The number of fused-ring (bicyclic) bond motifs is 1. The number of anilines is 1. The van der Waals surface area contributed by atoms with Crippen LogP contribution in [0, 0.1) is 5.41 Å². The van der Waals surface area contributed by atoms with Crippen molar-refractivity contribution in [1.29, 1.82) is 5.41 Å². The van der Waals surface area contributed by atoms with E-state index in [9.17, 15) is 5.11 Å². The second-order valence-corrected chi connectivity index (χ2v) is 5.92. The zero-order valence-electron chi connectivity index (χ0n) is 14.9. The molecule has 0 atom stereocenters. The third-order valence-electron chi connectivity index (χ3n) is 4.09. The largest absolute Gasteiger partial charge is 0.504 e. The van der Waals surface area contributed by atoms with Crippen LogP contribution in [0.2, 0.25) is 0 Å². The summed E-state index contributed by atoms with van der Waals surface area (Å²) in [5.41, 5.74) is 3.16. The van der Waals surface area contributed by atoms with Gasteiger partial charge in [0.05, 0.1) is 19.0 Å². The Kier molecular flexibility index (Phi) is 4.51. The minimum absolute atomic E-state index is 0.0623. The summed E-state index contributed by atoms with van der Waals surface area (Å²) in [5, 5.41) is 20.8. The monoisotopic (exact) mass is 372 g/mol. The Morgan fingerprint density at radius 3 is 2.79 bits per heavy atom. The lowest BCUT2D eigenvalue weighted by molar-refractivity contribution is 0.373. The summed E-state index contributed by atoms with van der Waals surface area (Å²) in [4.78, 5) is 17.4. The van der Waals surface area contributed by atoms with E-state index >= 15 is 0 Å². The number of ether oxygens (including phenoxy) is 1. The molecule has 0 saturated carbocycles. The fourth-order valence-electron chi connectivity index (χ4n) is 2.67. The number of hydrogen-bond acceptors (Lipinski definition) is 7. The van der Waals surface area contributed by atoms with Gasteiger partial charge in [0.2, 0.25) is 0 Å². The van der Waals surface area contributed by atoms with Crippen molar-refractivity contribution in [2.45, 2.75) is 0 Å². The molecule has 8 heteroatoms. The Labute approximate surface area is 160 Å². The molecule has 0 amide bonds. The maximum absolute atomic E-state index is 9.77. The van der Waals surface area contributed by atoms with E-state index in [1.165, 1.54) is 7.11 Å². The van der Waals surface area contributed by atoms with Gasteiger partial charge in [-0.3, -0.25) is 10.4 Å². The molecule has 0 aliphatic heterocycles. The summed E-state index contributed by atoms with van der Waals surface area (Å²) in [6.07, 6.45) is 4.80. The summed E-state index contributed by atoms with van der Waals surface area (Å²) in [5.74, 6) is 1.01. The van der Waals surface area contributed by atoms with Gasteiger partial charge in [0.15, 0.2) is 23.0 Å². The molecule has 0 aliphatic carbocycles. The molecule has 0 fully saturated rings. The van der Waals surface area contributed by atoms with Crippen LogP contribution in [0.4, 0.5) is 5.82 Å². The molecule has 1 aromatic carbocycles. The van der Waals surface area contributed by atoms with Gasteiger partial charge in [-0.2, -0.15) is 0 Å². The second kappa shape index (κ2) is 7.28. The van der Waals surface area contributed by atoms with Crippen LogP contribution < -0.4 is 10.1 Å². The standard InChI is InChI=1S/C20H16N6O2/c1-28-17-9-12(4-7-16(17)27)14-5-6-15-20(24-14)26-18(11-23-15)25-19(21)13-3-2-8-22-10-13/h2-11,27H,1H3,(H2,21,24,25,26). The molecule has 0 spiro atoms. The number of nitrogens with zero attached hydrogens (tertiary/aromatic N) is 4. The van der Waals surface area contributed by atoms with Crippen molar-refractivity contribution in [3.63, 3.8) is 0 Å². The number of aromatic nitrogens is 4. The summed E-state index contributed by atoms with van der Waals surface area (Å²) in [6.45, 7) is 0. The lowest BCUT2D eigenvalue weighted by Crippen LogP contribution is -2.13. The van der Waals surface area contributed by atoms with Crippen LogP contribution in [-0.4, -0.2) is 38.0 Å². The molecule has 0 unspecified atom stereocenters. The minimum Gasteiger partial charge on any atom is -0.504 e. The van der Waals surface area contributed by atoms with E-state index < -0.39 is 0 Å². The predicted octanol–water partition coefficient (Wildman–Crippen LogP) is 3.24. The molecule has 138 valence electrons. The highest BCUT2D eigenvalue weighted by atomic mass is 16.5. The van der Waals surface area contributed by atoms with Crippen LogP contribution in [0.25, 0.3) is 22.4 Å². The Balaban J connectivity index is 1.66. The SMILES string of the molecule is COc1cc(-c2ccc3ncc(NC(=N)c4cccnc4)nc3n2)ccc1O. The van der Waals surface area contributed by atoms with E-state index in [1.54, 1.807) is 48.9 Å². The maximum Gasteiger partial charge on any atom is 0.180 e. The molecule has 4 rings (SSSR count). The number of hydrogen-bond donors (Lipinski definition) is 3. The van der Waals surface area contributed by atoms with Crippen LogP contribution in [0.3, 0.4) is 0 Å². The van der Waals surface area contributed by atoms with Crippen molar-refractivity contribution >= 4 is 22.8 Å². The number of methoxy groups -OCH3 is 1. The van der Waals surface area contributed by atoms with E-state index in [-0.39, 0.29) is 11.6 Å². The van der Waals surface area contributed by atoms with E-state index in [0.717, 1.165) is 5.56 Å². The molecule has 0 saturated heterocycles. The Hall–Kier alpha value is -4.07. The van der Waals surface area contributed by atoms with Gasteiger partial charge in [-0.1, -0.05) is 0 Å². The van der Waals surface area contributed by atoms with Crippen LogP contribution in [0.1, 0.15) is 5.56 Å². The van der Waals surface area contributed by atoms with Gasteiger partial charge in [-0.05, 0) is 42.5 Å². The molecule has 28 heavy (non-hydrogen) atoms. The van der Waals surface area contributed by atoms with Gasteiger partial charge >= 0.3 is 0 Å². The van der Waals surface area contributed by atoms with Gasteiger partial charge < -0.3 is 15.2 Å². The number of aromatic hydroxyl groups is 1. The van der Waals surface area contributed by atoms with E-state index in [4.69, 9.17) is 10.1 Å². The molecular formula is C20H16N6O2. The van der Waals surface area contributed by atoms with Crippen molar-refractivity contribution in [1.82, 2.24) is 19.9 Å². The molecule has 0 bridgehead atoms. The third-order valence-corrected chi connectivity index (χ3v) is 4.09. The normalized spacial score (nSPS) is 10.6. The second-order valence-electron chi connectivity index (χ2n) is 5.92. The van der Waals surface area contributed by atoms with Crippen molar-refractivity contribution in [2.75, 3.05) is 12.4 Å². The number of amidine groups is 1. The summed E-state index contributed by atoms with van der Waals surface area (Å²) in [6, 6.07) is 12.2. The number of rotatable bonds is 4. The van der Waals surface area contributed by atoms with Crippen molar-refractivity contribution < 1.29 is 9.84 Å². The van der Waals surface area contributed by atoms with E-state index in [0.29, 0.717) is 34.0 Å². The van der Waals surface area contributed by atoms with E-state index in [2.05, 4.69) is 25.3 Å². The lowest BCUT2D eigenvalue weighted by Gasteiger charge is -2.09. The molecule has 3 heterocycles. The third kappa shape index (κ3) is 3.43. The van der Waals surface area contributed by atoms with Crippen LogP contribution in [0.5, 0.6) is 11.5 Å². The zero-order chi connectivity index (χ0) is 19.5. The number of pyridine rings is 2. The molecular weight excluding hydrogens is 356 g/mol. The minimum atomic E-state index is 0.0623. The molecule has 3 N–H and O–H groups in total. The highest BCUT2D eigenvalue weighted by Gasteiger charge is 2.09. The Bertz CT molecular complexity index is 1160. The molecule has 3 aromatic heterocycles. The maximum atomic E-state index is 9.77. The number of benzene rings is 1. The summed E-state index contributed by atoms with van der Waals surface area (Å²) >= 11 is 0. The first kappa shape index (κ1) is 17.3. The van der Waals surface area contributed by atoms with Gasteiger partial charge in [-0.15, -0.1) is 0 Å². The predicted molar refractivity (Wildman–Crippen MR) is 106 cm³/mol. The topological polar surface area (TPSA) is 117 Å². The Morgan fingerprint density at radius 2 is 2.00 bits per heavy atom. The zero-order valence-corrected chi connectivity index (χ0v) is 14.9. The summed E-state index contributed by atoms with van der Waals surface area (Å²) < 4.78 is 5.16. The van der Waals surface area contributed by atoms with Gasteiger partial charge in [0, 0.05) is 23.5 Å². The van der Waals surface area contributed by atoms with Gasteiger partial charge in [0.25, 0.3) is 0 Å².